The van der Waals surface area contributed by atoms with Crippen LogP contribution in [0.3, 0.4) is 0 Å². The molecule has 1 aliphatic rings. The van der Waals surface area contributed by atoms with Crippen LogP contribution in [-0.4, -0.2) is 35.4 Å². The van der Waals surface area contributed by atoms with Gasteiger partial charge < -0.3 is 9.80 Å². The van der Waals surface area contributed by atoms with Crippen molar-refractivity contribution in [3.05, 3.63) is 68.7 Å². The number of amides is 1. The van der Waals surface area contributed by atoms with E-state index in [0.717, 1.165) is 5.56 Å². The fraction of sp³-hybridized carbons (Fsp3) is 0.222. The summed E-state index contributed by atoms with van der Waals surface area (Å²) in [5, 5.41) is 20.9. The lowest BCUT2D eigenvalue weighted by Gasteiger charge is -2.35. The van der Waals surface area contributed by atoms with E-state index < -0.39 is 4.92 Å². The Morgan fingerprint density at radius 1 is 1.19 bits per heavy atom. The first kappa shape index (κ1) is 17.7. The standard InChI is InChI=1S/C18H15ClN4O3/c19-15-4-1-13(2-5-15)11-22-8-7-21(12-18(22)24)16-6-3-14(10-20)9-17(16)23(25)26/h1-6,9H,7-8,11-12H2. The van der Waals surface area contributed by atoms with E-state index in [1.807, 2.05) is 18.2 Å². The van der Waals surface area contributed by atoms with Gasteiger partial charge in [-0.25, -0.2) is 0 Å². The molecule has 7 nitrogen and oxygen atoms in total. The highest BCUT2D eigenvalue weighted by molar-refractivity contribution is 6.30. The second-order valence-corrected chi connectivity index (χ2v) is 6.37. The van der Waals surface area contributed by atoms with Gasteiger partial charge in [-0.05, 0) is 29.8 Å². The van der Waals surface area contributed by atoms with E-state index >= 15 is 0 Å². The van der Waals surface area contributed by atoms with Gasteiger partial charge in [-0.15, -0.1) is 0 Å². The number of rotatable bonds is 4. The van der Waals surface area contributed by atoms with Gasteiger partial charge in [-0.3, -0.25) is 14.9 Å². The summed E-state index contributed by atoms with van der Waals surface area (Å²) in [6.07, 6.45) is 0. The molecular formula is C18H15ClN4O3. The lowest BCUT2D eigenvalue weighted by atomic mass is 10.1. The van der Waals surface area contributed by atoms with Gasteiger partial charge in [0.1, 0.15) is 5.69 Å². The van der Waals surface area contributed by atoms with Crippen molar-refractivity contribution in [2.45, 2.75) is 6.54 Å². The van der Waals surface area contributed by atoms with Crippen molar-refractivity contribution in [2.75, 3.05) is 24.5 Å². The van der Waals surface area contributed by atoms with E-state index in [2.05, 4.69) is 0 Å². The lowest BCUT2D eigenvalue weighted by molar-refractivity contribution is -0.384. The summed E-state index contributed by atoms with van der Waals surface area (Å²) in [5.41, 5.74) is 1.38. The third kappa shape index (κ3) is 3.76. The van der Waals surface area contributed by atoms with Gasteiger partial charge in [0.05, 0.1) is 23.1 Å². The summed E-state index contributed by atoms with van der Waals surface area (Å²) in [5.74, 6) is -0.107. The zero-order chi connectivity index (χ0) is 18.7. The molecular weight excluding hydrogens is 356 g/mol. The number of anilines is 1. The van der Waals surface area contributed by atoms with Crippen LogP contribution in [0, 0.1) is 21.4 Å². The monoisotopic (exact) mass is 370 g/mol. The molecule has 2 aromatic carbocycles. The zero-order valence-electron chi connectivity index (χ0n) is 13.8. The number of nitro benzene ring substituents is 1. The predicted molar refractivity (Wildman–Crippen MR) is 96.9 cm³/mol. The van der Waals surface area contributed by atoms with Crippen molar-refractivity contribution in [1.29, 1.82) is 5.26 Å². The molecule has 3 rings (SSSR count). The Bertz CT molecular complexity index is 892. The Hall–Kier alpha value is -3.11. The third-order valence-electron chi connectivity index (χ3n) is 4.25. The van der Waals surface area contributed by atoms with Crippen LogP contribution < -0.4 is 4.90 Å². The molecule has 0 saturated carbocycles. The minimum atomic E-state index is -0.527. The van der Waals surface area contributed by atoms with E-state index in [-0.39, 0.29) is 23.7 Å². The maximum Gasteiger partial charge on any atom is 0.293 e. The number of halogens is 1. The van der Waals surface area contributed by atoms with Crippen molar-refractivity contribution in [1.82, 2.24) is 4.90 Å². The van der Waals surface area contributed by atoms with Crippen molar-refractivity contribution in [3.63, 3.8) is 0 Å². The molecule has 0 bridgehead atoms. The van der Waals surface area contributed by atoms with Gasteiger partial charge in [-0.2, -0.15) is 5.26 Å². The number of nitro groups is 1. The van der Waals surface area contributed by atoms with Crippen LogP contribution in [0.15, 0.2) is 42.5 Å². The van der Waals surface area contributed by atoms with Crippen LogP contribution in [0.2, 0.25) is 5.02 Å². The Balaban J connectivity index is 1.74. The second kappa shape index (κ2) is 7.42. The Kier molecular flexibility index (Phi) is 5.05. The fourth-order valence-electron chi connectivity index (χ4n) is 2.90. The molecule has 132 valence electrons. The molecule has 1 heterocycles. The van der Waals surface area contributed by atoms with Crippen molar-refractivity contribution < 1.29 is 9.72 Å². The average Bonchev–Trinajstić information content (AvgIpc) is 2.64. The van der Waals surface area contributed by atoms with Crippen molar-refractivity contribution in [2.24, 2.45) is 0 Å². The van der Waals surface area contributed by atoms with Gasteiger partial charge in [-0.1, -0.05) is 23.7 Å². The lowest BCUT2D eigenvalue weighted by Crippen LogP contribution is -2.50. The average molecular weight is 371 g/mol. The van der Waals surface area contributed by atoms with Crippen molar-refractivity contribution in [3.8, 4) is 6.07 Å². The predicted octanol–water partition coefficient (Wildman–Crippen LogP) is 2.97. The SMILES string of the molecule is N#Cc1ccc(N2CCN(Cc3ccc(Cl)cc3)C(=O)C2)c([N+](=O)[O-])c1. The largest absolute Gasteiger partial charge is 0.355 e. The maximum absolute atomic E-state index is 12.5. The maximum atomic E-state index is 12.5. The summed E-state index contributed by atoms with van der Waals surface area (Å²) in [7, 11) is 0. The molecule has 0 unspecified atom stereocenters. The molecule has 1 aliphatic heterocycles. The molecule has 0 atom stereocenters. The topological polar surface area (TPSA) is 90.5 Å². The number of benzene rings is 2. The summed E-state index contributed by atoms with van der Waals surface area (Å²) in [6, 6.07) is 13.5. The molecule has 0 N–H and O–H groups in total. The van der Waals surface area contributed by atoms with E-state index in [1.54, 1.807) is 21.9 Å². The summed E-state index contributed by atoms with van der Waals surface area (Å²) >= 11 is 5.87. The molecule has 1 fully saturated rings. The number of carbonyl (C=O) groups is 1. The third-order valence-corrected chi connectivity index (χ3v) is 4.50. The number of carbonyl (C=O) groups excluding carboxylic acids is 1. The van der Waals surface area contributed by atoms with Gasteiger partial charge in [0, 0.05) is 30.7 Å². The highest BCUT2D eigenvalue weighted by Crippen LogP contribution is 2.30. The van der Waals surface area contributed by atoms with Crippen LogP contribution in [0.1, 0.15) is 11.1 Å². The van der Waals surface area contributed by atoms with Crippen LogP contribution >= 0.6 is 11.6 Å². The molecule has 1 amide bonds. The molecule has 1 saturated heterocycles. The molecule has 0 aromatic heterocycles. The second-order valence-electron chi connectivity index (χ2n) is 5.94. The quantitative estimate of drug-likeness (QED) is 0.609. The first-order valence-corrected chi connectivity index (χ1v) is 8.31. The van der Waals surface area contributed by atoms with E-state index in [9.17, 15) is 14.9 Å². The fourth-order valence-corrected chi connectivity index (χ4v) is 3.02. The Morgan fingerprint density at radius 3 is 2.54 bits per heavy atom. The van der Waals surface area contributed by atoms with Gasteiger partial charge in [0.15, 0.2) is 0 Å². The number of nitriles is 1. The van der Waals surface area contributed by atoms with Crippen LogP contribution in [0.5, 0.6) is 0 Å². The highest BCUT2D eigenvalue weighted by Gasteiger charge is 2.28. The molecule has 0 aliphatic carbocycles. The molecule has 0 radical (unpaired) electrons. The molecule has 2 aromatic rings. The van der Waals surface area contributed by atoms with Crippen LogP contribution in [0.4, 0.5) is 11.4 Å². The van der Waals surface area contributed by atoms with Gasteiger partial charge in [0.25, 0.3) is 5.69 Å². The minimum absolute atomic E-state index is 0.0559. The first-order valence-electron chi connectivity index (χ1n) is 7.93. The van der Waals surface area contributed by atoms with Crippen LogP contribution in [0.25, 0.3) is 0 Å². The highest BCUT2D eigenvalue weighted by atomic mass is 35.5. The zero-order valence-corrected chi connectivity index (χ0v) is 14.5. The summed E-state index contributed by atoms with van der Waals surface area (Å²) < 4.78 is 0. The van der Waals surface area contributed by atoms with Gasteiger partial charge >= 0.3 is 0 Å². The summed E-state index contributed by atoms with van der Waals surface area (Å²) in [4.78, 5) is 26.7. The summed E-state index contributed by atoms with van der Waals surface area (Å²) in [6.45, 7) is 1.46. The number of hydrogen-bond acceptors (Lipinski definition) is 5. The normalized spacial score (nSPS) is 14.2. The minimum Gasteiger partial charge on any atom is -0.355 e. The van der Waals surface area contributed by atoms with Crippen molar-refractivity contribution >= 4 is 28.9 Å². The van der Waals surface area contributed by atoms with E-state index in [4.69, 9.17) is 16.9 Å². The van der Waals surface area contributed by atoms with Crippen LogP contribution in [-0.2, 0) is 11.3 Å². The van der Waals surface area contributed by atoms with Gasteiger partial charge in [0.2, 0.25) is 5.91 Å². The number of piperazine rings is 1. The number of nitrogens with zero attached hydrogens (tertiary/aromatic N) is 4. The first-order chi connectivity index (χ1) is 12.5. The Labute approximate surface area is 155 Å². The molecule has 8 heteroatoms. The van der Waals surface area contributed by atoms with E-state index in [0.29, 0.717) is 30.3 Å². The molecule has 26 heavy (non-hydrogen) atoms. The molecule has 0 spiro atoms. The Morgan fingerprint density at radius 2 is 1.92 bits per heavy atom. The van der Waals surface area contributed by atoms with E-state index in [1.165, 1.54) is 18.2 Å². The smallest absolute Gasteiger partial charge is 0.293 e. The number of hydrogen-bond donors (Lipinski definition) is 0.